The summed E-state index contributed by atoms with van der Waals surface area (Å²) in [6.07, 6.45) is -12.2. The van der Waals surface area contributed by atoms with E-state index in [2.05, 4.69) is 19.4 Å². The van der Waals surface area contributed by atoms with Gasteiger partial charge in [0.25, 0.3) is 0 Å². The zero-order chi connectivity index (χ0) is 34.1. The van der Waals surface area contributed by atoms with Gasteiger partial charge in [0, 0.05) is 29.6 Å². The lowest BCUT2D eigenvalue weighted by atomic mass is 9.83. The van der Waals surface area contributed by atoms with E-state index in [9.17, 15) is 61.1 Å². The molecule has 0 aliphatic heterocycles. The lowest BCUT2D eigenvalue weighted by Crippen LogP contribution is -2.63. The smallest absolute Gasteiger partial charge is 0.405 e. The van der Waals surface area contributed by atoms with Gasteiger partial charge in [-0.15, -0.1) is 13.2 Å². The highest BCUT2D eigenvalue weighted by molar-refractivity contribution is 7.87. The number of alkyl halides is 12. The van der Waals surface area contributed by atoms with E-state index in [0.29, 0.717) is 11.3 Å². The Bertz CT molecular complexity index is 1520. The molecule has 2 aromatic rings. The summed E-state index contributed by atoms with van der Waals surface area (Å²) in [6.45, 7) is -0.0320. The van der Waals surface area contributed by atoms with E-state index in [1.807, 2.05) is 0 Å². The van der Waals surface area contributed by atoms with Crippen LogP contribution in [0.5, 0.6) is 5.75 Å². The Morgan fingerprint density at radius 1 is 0.848 bits per heavy atom. The number of nitrogens with zero attached hydrogens (tertiary/aromatic N) is 1. The molecule has 0 amide bonds. The maximum atomic E-state index is 14.3. The van der Waals surface area contributed by atoms with E-state index in [4.69, 9.17) is 4.52 Å². The lowest BCUT2D eigenvalue weighted by Gasteiger charge is -2.37. The van der Waals surface area contributed by atoms with Gasteiger partial charge in [0.15, 0.2) is 0 Å². The maximum Gasteiger partial charge on any atom is 0.573 e. The Morgan fingerprint density at radius 2 is 1.43 bits per heavy atom. The Balaban J connectivity index is 1.31. The highest BCUT2D eigenvalue weighted by atomic mass is 32.2. The molecule has 1 aromatic carbocycles. The van der Waals surface area contributed by atoms with Crippen molar-refractivity contribution in [3.63, 3.8) is 0 Å². The molecule has 20 heteroatoms. The fraction of sp³-hybridized carbons (Fsp3) is 0.654. The monoisotopic (exact) mass is 704 g/mol. The number of hydrogen-bond acceptors (Lipinski definition) is 7. The molecular weight excluding hydrogens is 680 g/mol. The molecule has 46 heavy (non-hydrogen) atoms. The van der Waals surface area contributed by atoms with Crippen LogP contribution in [0.15, 0.2) is 28.8 Å². The molecule has 3 fully saturated rings. The van der Waals surface area contributed by atoms with E-state index < -0.39 is 69.5 Å². The van der Waals surface area contributed by atoms with E-state index in [1.165, 1.54) is 18.2 Å². The van der Waals surface area contributed by atoms with Gasteiger partial charge in [0.1, 0.15) is 17.2 Å². The number of ether oxygens (including phenoxy) is 1. The molecule has 1 heterocycles. The van der Waals surface area contributed by atoms with Crippen LogP contribution in [0.4, 0.5) is 52.7 Å². The molecule has 3 aliphatic rings. The van der Waals surface area contributed by atoms with Gasteiger partial charge in [-0.25, -0.2) is 0 Å². The number of fused-ring (bicyclic) bond motifs is 2. The minimum absolute atomic E-state index is 0.00942. The molecule has 5 rings (SSSR count). The summed E-state index contributed by atoms with van der Waals surface area (Å²) >= 11 is 0. The second-order valence-corrected chi connectivity index (χ2v) is 13.1. The van der Waals surface area contributed by atoms with Crippen LogP contribution in [0.2, 0.25) is 0 Å². The highest BCUT2D eigenvalue weighted by Crippen LogP contribution is 2.56. The average molecular weight is 705 g/mol. The van der Waals surface area contributed by atoms with E-state index >= 15 is 0 Å². The molecule has 258 valence electrons. The first-order valence-electron chi connectivity index (χ1n) is 13.8. The summed E-state index contributed by atoms with van der Waals surface area (Å²) in [5.74, 6) is -16.8. The van der Waals surface area contributed by atoms with Gasteiger partial charge < -0.3 is 14.6 Å². The van der Waals surface area contributed by atoms with Crippen molar-refractivity contribution in [2.45, 2.75) is 92.8 Å². The Hall–Kier alpha value is -2.74. The summed E-state index contributed by atoms with van der Waals surface area (Å²) in [5.41, 5.74) is 0.434. The predicted octanol–water partition coefficient (Wildman–Crippen LogP) is 7.54. The van der Waals surface area contributed by atoms with Crippen molar-refractivity contribution in [2.24, 2.45) is 11.8 Å². The van der Waals surface area contributed by atoms with Crippen molar-refractivity contribution in [3.05, 3.63) is 35.6 Å². The van der Waals surface area contributed by atoms with E-state index in [1.54, 1.807) is 0 Å². The fourth-order valence-electron chi connectivity index (χ4n) is 6.01. The number of halogens is 12. The van der Waals surface area contributed by atoms with Gasteiger partial charge in [-0.05, 0) is 62.5 Å². The molecule has 0 saturated heterocycles. The number of nitrogens with one attached hydrogen (secondary N) is 1. The summed E-state index contributed by atoms with van der Waals surface area (Å²) in [4.78, 5) is 0. The van der Waals surface area contributed by atoms with Gasteiger partial charge in [0.2, 0.25) is 0 Å². The van der Waals surface area contributed by atoms with Crippen LogP contribution in [0, 0.1) is 11.8 Å². The first-order valence-corrected chi connectivity index (χ1v) is 15.2. The molecule has 3 saturated carbocycles. The molecule has 7 nitrogen and oxygen atoms in total. The summed E-state index contributed by atoms with van der Waals surface area (Å²) in [7, 11) is -7.01. The standard InChI is InChI=1S/C26H24F12N2O5S/c27-22(28,24(31,32)33)23(29,30)25(34,35)46(41,42)45-20-13-7-8-14(20)10-15(9-13)39-11-17-19(40-44-21(17)12-5-6-12)16-3-1-2-4-18(16)43-26(36,37)38/h1-4,12-15,20,39H,5-11H2/t13-,14+,15-,20-. The number of aromatic nitrogens is 1. The van der Waals surface area contributed by atoms with Crippen LogP contribution in [-0.4, -0.2) is 55.4 Å². The molecule has 1 aromatic heterocycles. The van der Waals surface area contributed by atoms with Crippen LogP contribution in [0.1, 0.15) is 55.8 Å². The minimum Gasteiger partial charge on any atom is -0.405 e. The predicted molar refractivity (Wildman–Crippen MR) is 131 cm³/mol. The molecule has 2 bridgehead atoms. The minimum atomic E-state index is -7.40. The molecule has 0 unspecified atom stereocenters. The van der Waals surface area contributed by atoms with Crippen molar-refractivity contribution >= 4 is 10.1 Å². The zero-order valence-corrected chi connectivity index (χ0v) is 23.9. The van der Waals surface area contributed by atoms with Gasteiger partial charge >= 0.3 is 39.8 Å². The van der Waals surface area contributed by atoms with Crippen LogP contribution in [-0.2, 0) is 20.8 Å². The SMILES string of the molecule is O=S(=O)(O[C@@H]1[C@@H]2CC[C@H]1C[C@H](NCc1c(-c3ccccc3OC(F)(F)F)noc1C1CC1)C2)C(F)(F)C(F)(F)C(F)(F)C(F)(F)F. The summed E-state index contributed by atoms with van der Waals surface area (Å²) in [5, 5.41) is 0.166. The van der Waals surface area contributed by atoms with Crippen LogP contribution in [0.25, 0.3) is 11.3 Å². The molecule has 0 radical (unpaired) electrons. The van der Waals surface area contributed by atoms with Gasteiger partial charge in [-0.3, -0.25) is 4.18 Å². The van der Waals surface area contributed by atoms with Crippen LogP contribution >= 0.6 is 0 Å². The molecule has 1 N–H and O–H groups in total. The van der Waals surface area contributed by atoms with Crippen LogP contribution < -0.4 is 10.1 Å². The fourth-order valence-corrected chi connectivity index (χ4v) is 7.18. The van der Waals surface area contributed by atoms with Gasteiger partial charge in [-0.1, -0.05) is 17.3 Å². The lowest BCUT2D eigenvalue weighted by molar-refractivity contribution is -0.383. The quantitative estimate of drug-likeness (QED) is 0.191. The first kappa shape index (κ1) is 34.6. The summed E-state index contributed by atoms with van der Waals surface area (Å²) < 4.78 is 197. The van der Waals surface area contributed by atoms with E-state index in [-0.39, 0.29) is 49.4 Å². The Kier molecular flexibility index (Phi) is 8.61. The molecule has 3 aliphatic carbocycles. The average Bonchev–Trinajstić information content (AvgIpc) is 3.65. The van der Waals surface area contributed by atoms with E-state index in [0.717, 1.165) is 18.9 Å². The maximum absolute atomic E-state index is 14.3. The number of hydrogen-bond donors (Lipinski definition) is 1. The molecule has 0 spiro atoms. The topological polar surface area (TPSA) is 90.7 Å². The highest BCUT2D eigenvalue weighted by Gasteiger charge is 2.86. The Morgan fingerprint density at radius 3 is 1.98 bits per heavy atom. The normalized spacial score (nSPS) is 24.8. The molecular formula is C26H24F12N2O5S. The second kappa shape index (κ2) is 11.5. The Labute approximate surface area is 252 Å². The third-order valence-electron chi connectivity index (χ3n) is 8.38. The van der Waals surface area contributed by atoms with Crippen molar-refractivity contribution in [1.29, 1.82) is 0 Å². The first-order chi connectivity index (χ1) is 21.1. The van der Waals surface area contributed by atoms with Crippen molar-refractivity contribution in [1.82, 2.24) is 10.5 Å². The van der Waals surface area contributed by atoms with Gasteiger partial charge in [0.05, 0.1) is 6.10 Å². The second-order valence-electron chi connectivity index (χ2n) is 11.5. The van der Waals surface area contributed by atoms with Crippen molar-refractivity contribution in [3.8, 4) is 17.0 Å². The summed E-state index contributed by atoms with van der Waals surface area (Å²) in [6, 6.07) is 4.69. The largest absolute Gasteiger partial charge is 0.573 e. The van der Waals surface area contributed by atoms with Crippen molar-refractivity contribution < 1.29 is 74.5 Å². The molecule has 4 atom stereocenters. The van der Waals surface area contributed by atoms with Crippen LogP contribution in [0.3, 0.4) is 0 Å². The third kappa shape index (κ3) is 6.15. The number of benzene rings is 1. The van der Waals surface area contributed by atoms with Gasteiger partial charge in [-0.2, -0.15) is 47.9 Å². The number of para-hydroxylation sites is 1. The number of rotatable bonds is 11. The zero-order valence-electron chi connectivity index (χ0n) is 23.1. The third-order valence-corrected chi connectivity index (χ3v) is 9.74. The van der Waals surface area contributed by atoms with Crippen molar-refractivity contribution in [2.75, 3.05) is 0 Å².